The summed E-state index contributed by atoms with van der Waals surface area (Å²) in [5.41, 5.74) is 1.30. The summed E-state index contributed by atoms with van der Waals surface area (Å²) in [5.74, 6) is -2.66. The van der Waals surface area contributed by atoms with Gasteiger partial charge in [-0.25, -0.2) is 0 Å². The van der Waals surface area contributed by atoms with Crippen LogP contribution in [-0.2, 0) is 16.0 Å². The van der Waals surface area contributed by atoms with Gasteiger partial charge in [0.25, 0.3) is 5.91 Å². The number of aromatic nitrogens is 1. The highest BCUT2D eigenvalue weighted by atomic mass is 19.4. The van der Waals surface area contributed by atoms with Crippen molar-refractivity contribution in [1.82, 2.24) is 9.88 Å². The second kappa shape index (κ2) is 9.23. The molecule has 0 spiro atoms. The van der Waals surface area contributed by atoms with E-state index in [0.29, 0.717) is 22.2 Å². The number of carboxylic acids is 1. The lowest BCUT2D eigenvalue weighted by atomic mass is 10.1. The molecule has 33 heavy (non-hydrogen) atoms. The molecule has 0 radical (unpaired) electrons. The van der Waals surface area contributed by atoms with Gasteiger partial charge in [-0.1, -0.05) is 0 Å². The minimum absolute atomic E-state index is 0.0671. The number of carbonyl (C=O) groups is 3. The number of phenolic OH excluding ortho intramolecular Hbond substituents is 1. The maximum Gasteiger partial charge on any atom is 0.573 e. The smallest absolute Gasteiger partial charge is 0.508 e. The van der Waals surface area contributed by atoms with Crippen molar-refractivity contribution in [3.05, 3.63) is 59.3 Å². The number of nitrogens with one attached hydrogen (secondary N) is 1. The van der Waals surface area contributed by atoms with Gasteiger partial charge >= 0.3 is 12.3 Å². The number of carboxylic acid groups (broad SMARTS) is 1. The third-order valence-corrected chi connectivity index (χ3v) is 4.85. The van der Waals surface area contributed by atoms with Crippen LogP contribution in [-0.4, -0.2) is 45.5 Å². The number of aliphatic carboxylic acids is 1. The Morgan fingerprint density at radius 2 is 1.76 bits per heavy atom. The lowest BCUT2D eigenvalue weighted by molar-refractivity contribution is -0.274. The third kappa shape index (κ3) is 5.62. The molecule has 174 valence electrons. The molecular weight excluding hydrogens is 445 g/mol. The number of phenols is 1. The molecule has 2 aromatic carbocycles. The van der Waals surface area contributed by atoms with E-state index in [4.69, 9.17) is 5.11 Å². The predicted molar refractivity (Wildman–Crippen MR) is 110 cm³/mol. The largest absolute Gasteiger partial charge is 0.573 e. The van der Waals surface area contributed by atoms with E-state index in [9.17, 15) is 32.7 Å². The van der Waals surface area contributed by atoms with Gasteiger partial charge in [0.1, 0.15) is 11.5 Å². The molecule has 0 bridgehead atoms. The van der Waals surface area contributed by atoms with Crippen LogP contribution in [0.25, 0.3) is 10.9 Å². The van der Waals surface area contributed by atoms with E-state index in [-0.39, 0.29) is 30.7 Å². The van der Waals surface area contributed by atoms with Gasteiger partial charge in [-0.15, -0.1) is 13.2 Å². The zero-order chi connectivity index (χ0) is 24.3. The molecule has 8 nitrogen and oxygen atoms in total. The number of hydrogen-bond acceptors (Lipinski definition) is 5. The number of fused-ring (bicyclic) bond motifs is 1. The predicted octanol–water partition coefficient (Wildman–Crippen LogP) is 3.38. The zero-order valence-corrected chi connectivity index (χ0v) is 17.3. The Morgan fingerprint density at radius 1 is 1.09 bits per heavy atom. The number of amides is 1. The van der Waals surface area contributed by atoms with Crippen molar-refractivity contribution in [3.63, 3.8) is 0 Å². The Balaban J connectivity index is 1.94. The fourth-order valence-electron chi connectivity index (χ4n) is 3.42. The van der Waals surface area contributed by atoms with E-state index in [1.165, 1.54) is 34.9 Å². The average molecular weight is 464 g/mol. The lowest BCUT2D eigenvalue weighted by Crippen LogP contribution is -2.27. The van der Waals surface area contributed by atoms with Crippen LogP contribution in [0.2, 0.25) is 0 Å². The van der Waals surface area contributed by atoms with E-state index in [2.05, 4.69) is 10.1 Å². The topological polar surface area (TPSA) is 118 Å². The summed E-state index contributed by atoms with van der Waals surface area (Å²) in [4.78, 5) is 36.1. The van der Waals surface area contributed by atoms with Crippen molar-refractivity contribution in [1.29, 1.82) is 0 Å². The van der Waals surface area contributed by atoms with Crippen LogP contribution in [0.3, 0.4) is 0 Å². The molecule has 1 heterocycles. The molecule has 0 saturated heterocycles. The van der Waals surface area contributed by atoms with E-state index < -0.39 is 29.9 Å². The monoisotopic (exact) mass is 464 g/mol. The van der Waals surface area contributed by atoms with E-state index >= 15 is 0 Å². The van der Waals surface area contributed by atoms with Crippen molar-refractivity contribution < 1.29 is 42.5 Å². The number of nitrogens with zero attached hydrogens (tertiary/aromatic N) is 1. The van der Waals surface area contributed by atoms with Crippen LogP contribution >= 0.6 is 0 Å². The van der Waals surface area contributed by atoms with E-state index in [1.807, 2.05) is 0 Å². The second-order valence-corrected chi connectivity index (χ2v) is 7.15. The molecule has 0 fully saturated rings. The Hall–Kier alpha value is -4.02. The minimum Gasteiger partial charge on any atom is -0.508 e. The lowest BCUT2D eigenvalue weighted by Gasteiger charge is -2.10. The number of rotatable bonds is 7. The molecule has 3 aromatic rings. The van der Waals surface area contributed by atoms with Gasteiger partial charge in [0.15, 0.2) is 0 Å². The first-order valence-electron chi connectivity index (χ1n) is 9.68. The van der Waals surface area contributed by atoms with Crippen LogP contribution in [0.15, 0.2) is 42.5 Å². The Morgan fingerprint density at radius 3 is 2.36 bits per heavy atom. The summed E-state index contributed by atoms with van der Waals surface area (Å²) in [5, 5.41) is 21.5. The molecule has 0 unspecified atom stereocenters. The van der Waals surface area contributed by atoms with Crippen LogP contribution in [0.4, 0.5) is 13.2 Å². The Labute approximate surface area is 185 Å². The van der Waals surface area contributed by atoms with Crippen LogP contribution in [0, 0.1) is 6.92 Å². The highest BCUT2D eigenvalue weighted by Crippen LogP contribution is 2.31. The number of aromatic hydroxyl groups is 1. The van der Waals surface area contributed by atoms with Crippen LogP contribution < -0.4 is 10.1 Å². The van der Waals surface area contributed by atoms with Crippen molar-refractivity contribution in [2.45, 2.75) is 26.1 Å². The standard InChI is InChI=1S/C22H19F3N2O6/c1-12-16(11-19(29)26-9-8-20(30)31)17-10-14(28)4-7-18(17)27(12)21(32)13-2-5-15(6-3-13)33-22(23,24)25/h2-7,10,28H,8-9,11H2,1H3,(H,26,29)(H,30,31). The summed E-state index contributed by atoms with van der Waals surface area (Å²) in [6.07, 6.45) is -5.29. The second-order valence-electron chi connectivity index (χ2n) is 7.15. The van der Waals surface area contributed by atoms with Gasteiger partial charge in [-0.2, -0.15) is 0 Å². The van der Waals surface area contributed by atoms with Crippen molar-refractivity contribution in [2.24, 2.45) is 0 Å². The number of halogens is 3. The van der Waals surface area contributed by atoms with Gasteiger partial charge < -0.3 is 20.3 Å². The Kier molecular flexibility index (Phi) is 6.61. The third-order valence-electron chi connectivity index (χ3n) is 4.85. The van der Waals surface area contributed by atoms with Crippen LogP contribution in [0.5, 0.6) is 11.5 Å². The van der Waals surface area contributed by atoms with Gasteiger partial charge in [-0.05, 0) is 55.0 Å². The van der Waals surface area contributed by atoms with Gasteiger partial charge in [0.05, 0.1) is 18.4 Å². The molecule has 0 aliphatic carbocycles. The first-order valence-corrected chi connectivity index (χ1v) is 9.68. The number of hydrogen-bond donors (Lipinski definition) is 3. The zero-order valence-electron chi connectivity index (χ0n) is 17.3. The molecule has 0 aliphatic heterocycles. The quantitative estimate of drug-likeness (QED) is 0.494. The van der Waals surface area contributed by atoms with Crippen molar-refractivity contribution >= 4 is 28.7 Å². The van der Waals surface area contributed by atoms with E-state index in [1.54, 1.807) is 6.92 Å². The van der Waals surface area contributed by atoms with Crippen molar-refractivity contribution in [3.8, 4) is 11.5 Å². The van der Waals surface area contributed by atoms with Gasteiger partial charge in [0.2, 0.25) is 5.91 Å². The first-order chi connectivity index (χ1) is 15.5. The molecule has 0 aliphatic rings. The maximum atomic E-state index is 13.2. The molecule has 11 heteroatoms. The molecule has 0 atom stereocenters. The molecule has 3 N–H and O–H groups in total. The molecular formula is C22H19F3N2O6. The molecule has 0 saturated carbocycles. The SMILES string of the molecule is Cc1c(CC(=O)NCCC(=O)O)c2cc(O)ccc2n1C(=O)c1ccc(OC(F)(F)F)cc1. The fourth-order valence-corrected chi connectivity index (χ4v) is 3.42. The average Bonchev–Trinajstić information content (AvgIpc) is 2.97. The number of alkyl halides is 3. The van der Waals surface area contributed by atoms with E-state index in [0.717, 1.165) is 12.1 Å². The van der Waals surface area contributed by atoms with Crippen molar-refractivity contribution in [2.75, 3.05) is 6.54 Å². The number of carbonyl (C=O) groups excluding carboxylic acids is 2. The Bertz CT molecular complexity index is 1220. The summed E-state index contributed by atoms with van der Waals surface area (Å²) in [6.45, 7) is 1.53. The van der Waals surface area contributed by atoms with Gasteiger partial charge in [0, 0.05) is 23.2 Å². The highest BCUT2D eigenvalue weighted by molar-refractivity contribution is 6.05. The number of benzene rings is 2. The normalized spacial score (nSPS) is 11.4. The summed E-state index contributed by atoms with van der Waals surface area (Å²) in [6, 6.07) is 8.66. The highest BCUT2D eigenvalue weighted by Gasteiger charge is 2.31. The molecule has 1 amide bonds. The fraction of sp³-hybridized carbons (Fsp3) is 0.227. The molecule has 3 rings (SSSR count). The maximum absolute atomic E-state index is 13.2. The molecule has 1 aromatic heterocycles. The summed E-state index contributed by atoms with van der Waals surface area (Å²) in [7, 11) is 0. The minimum atomic E-state index is -4.86. The summed E-state index contributed by atoms with van der Waals surface area (Å²) < 4.78 is 42.2. The first kappa shape index (κ1) is 23.6. The summed E-state index contributed by atoms with van der Waals surface area (Å²) >= 11 is 0. The number of ether oxygens (including phenoxy) is 1. The van der Waals surface area contributed by atoms with Gasteiger partial charge in [-0.3, -0.25) is 19.0 Å². The van der Waals surface area contributed by atoms with Crippen LogP contribution in [0.1, 0.15) is 28.0 Å².